The highest BCUT2D eigenvalue weighted by Crippen LogP contribution is 2.34. The molecule has 0 fully saturated rings. The van der Waals surface area contributed by atoms with Crippen molar-refractivity contribution in [2.24, 2.45) is 0 Å². The monoisotopic (exact) mass is 373 g/mol. The number of benzene rings is 1. The van der Waals surface area contributed by atoms with Crippen LogP contribution in [0.15, 0.2) is 52.8 Å². The van der Waals surface area contributed by atoms with Crippen LogP contribution in [-0.4, -0.2) is 21.6 Å². The fourth-order valence-electron chi connectivity index (χ4n) is 2.78. The molecule has 3 heterocycles. The third kappa shape index (κ3) is 3.25. The number of rotatable bonds is 6. The van der Waals surface area contributed by atoms with E-state index in [9.17, 15) is 4.39 Å². The molecule has 0 amide bonds. The number of furan rings is 1. The first-order valence-electron chi connectivity index (χ1n) is 7.99. The summed E-state index contributed by atoms with van der Waals surface area (Å²) in [5, 5.41) is 9.16. The second kappa shape index (κ2) is 7.35. The van der Waals surface area contributed by atoms with Gasteiger partial charge in [-0.05, 0) is 24.3 Å². The van der Waals surface area contributed by atoms with Crippen LogP contribution in [-0.2, 0) is 23.6 Å². The molecule has 6 nitrogen and oxygen atoms in total. The normalized spacial score (nSPS) is 13.3. The summed E-state index contributed by atoms with van der Waals surface area (Å²) in [6.45, 7) is 4.85. The Hall–Kier alpha value is -2.58. The molecule has 0 radical (unpaired) electrons. The smallest absolute Gasteiger partial charge is 0.200 e. The molecule has 1 aromatic carbocycles. The van der Waals surface area contributed by atoms with Crippen molar-refractivity contribution in [3.63, 3.8) is 0 Å². The zero-order valence-corrected chi connectivity index (χ0v) is 14.7. The zero-order valence-electron chi connectivity index (χ0n) is 13.9. The minimum Gasteiger partial charge on any atom is -0.467 e. The summed E-state index contributed by atoms with van der Waals surface area (Å²) in [6.07, 6.45) is 3.36. The zero-order chi connectivity index (χ0) is 17.9. The van der Waals surface area contributed by atoms with Gasteiger partial charge in [0.15, 0.2) is 17.7 Å². The van der Waals surface area contributed by atoms with Gasteiger partial charge in [-0.1, -0.05) is 17.8 Å². The van der Waals surface area contributed by atoms with E-state index in [2.05, 4.69) is 16.8 Å². The van der Waals surface area contributed by atoms with E-state index in [1.54, 1.807) is 18.4 Å². The van der Waals surface area contributed by atoms with Gasteiger partial charge in [0.1, 0.15) is 11.6 Å². The summed E-state index contributed by atoms with van der Waals surface area (Å²) in [5.41, 5.74) is 1.48. The maximum absolute atomic E-state index is 13.9. The molecule has 0 saturated carbocycles. The highest BCUT2D eigenvalue weighted by atomic mass is 32.2. The number of hydrogen-bond acceptors (Lipinski definition) is 6. The van der Waals surface area contributed by atoms with Gasteiger partial charge >= 0.3 is 0 Å². The molecule has 1 aliphatic heterocycles. The van der Waals surface area contributed by atoms with Crippen LogP contribution >= 0.6 is 11.8 Å². The Kier molecular flexibility index (Phi) is 4.77. The largest absolute Gasteiger partial charge is 0.467 e. The lowest BCUT2D eigenvalue weighted by atomic mass is 10.1. The number of fused-ring (bicyclic) bond motifs is 1. The average molecular weight is 373 g/mol. The molecule has 1 aliphatic rings. The standard InChI is InChI=1S/C18H16FN3O3S/c1-2-5-22-17(15-4-3-6-24-15)20-21-18(22)26-10-13-8-14(19)7-12-9-23-11-25-16(12)13/h2-4,6-8H,1,5,9-11H2. The third-order valence-electron chi connectivity index (χ3n) is 3.88. The SMILES string of the molecule is C=CCn1c(SCc2cc(F)cc3c2OCOC3)nnc1-c1ccco1. The number of thioether (sulfide) groups is 1. The summed E-state index contributed by atoms with van der Waals surface area (Å²) < 4.78 is 32.0. The van der Waals surface area contributed by atoms with E-state index >= 15 is 0 Å². The van der Waals surface area contributed by atoms with Crippen molar-refractivity contribution in [3.05, 3.63) is 60.1 Å². The molecule has 134 valence electrons. The van der Waals surface area contributed by atoms with E-state index in [0.717, 1.165) is 11.1 Å². The summed E-state index contributed by atoms with van der Waals surface area (Å²) in [7, 11) is 0. The fourth-order valence-corrected chi connectivity index (χ4v) is 3.70. The molecule has 4 rings (SSSR count). The van der Waals surface area contributed by atoms with Gasteiger partial charge in [-0.2, -0.15) is 0 Å². The van der Waals surface area contributed by atoms with E-state index in [1.165, 1.54) is 23.9 Å². The first kappa shape index (κ1) is 16.9. The molecule has 26 heavy (non-hydrogen) atoms. The lowest BCUT2D eigenvalue weighted by molar-refractivity contribution is -0.0171. The molecular weight excluding hydrogens is 357 g/mol. The van der Waals surface area contributed by atoms with Crippen LogP contribution in [0.4, 0.5) is 4.39 Å². The molecule has 0 bridgehead atoms. The minimum atomic E-state index is -0.308. The van der Waals surface area contributed by atoms with Crippen LogP contribution in [0.5, 0.6) is 5.75 Å². The van der Waals surface area contributed by atoms with Gasteiger partial charge in [0, 0.05) is 23.4 Å². The Morgan fingerprint density at radius 2 is 2.27 bits per heavy atom. The molecule has 0 unspecified atom stereocenters. The van der Waals surface area contributed by atoms with Crippen molar-refractivity contribution >= 4 is 11.8 Å². The van der Waals surface area contributed by atoms with Crippen molar-refractivity contribution in [1.82, 2.24) is 14.8 Å². The molecule has 2 aromatic heterocycles. The molecule has 0 spiro atoms. The number of aromatic nitrogens is 3. The molecule has 0 saturated heterocycles. The number of allylic oxidation sites excluding steroid dienone is 1. The van der Waals surface area contributed by atoms with Crippen LogP contribution in [0.25, 0.3) is 11.6 Å². The summed E-state index contributed by atoms with van der Waals surface area (Å²) >= 11 is 1.45. The minimum absolute atomic E-state index is 0.172. The fraction of sp³-hybridized carbons (Fsp3) is 0.222. The Balaban J connectivity index is 1.61. The van der Waals surface area contributed by atoms with Crippen LogP contribution < -0.4 is 4.74 Å². The third-order valence-corrected chi connectivity index (χ3v) is 4.89. The van der Waals surface area contributed by atoms with Gasteiger partial charge in [0.2, 0.25) is 5.82 Å². The predicted molar refractivity (Wildman–Crippen MR) is 94.2 cm³/mol. The maximum Gasteiger partial charge on any atom is 0.200 e. The van der Waals surface area contributed by atoms with Gasteiger partial charge in [-0.25, -0.2) is 4.39 Å². The lowest BCUT2D eigenvalue weighted by Gasteiger charge is -2.20. The van der Waals surface area contributed by atoms with Gasteiger partial charge < -0.3 is 13.9 Å². The molecular formula is C18H16FN3O3S. The highest BCUT2D eigenvalue weighted by molar-refractivity contribution is 7.98. The second-order valence-electron chi connectivity index (χ2n) is 5.64. The van der Waals surface area contributed by atoms with Crippen molar-refractivity contribution in [3.8, 4) is 17.3 Å². The highest BCUT2D eigenvalue weighted by Gasteiger charge is 2.19. The molecule has 8 heteroatoms. The Morgan fingerprint density at radius 1 is 1.35 bits per heavy atom. The second-order valence-corrected chi connectivity index (χ2v) is 6.58. The first-order chi connectivity index (χ1) is 12.8. The van der Waals surface area contributed by atoms with E-state index < -0.39 is 0 Å². The summed E-state index contributed by atoms with van der Waals surface area (Å²) in [5.74, 6) is 2.13. The first-order valence-corrected chi connectivity index (χ1v) is 8.97. The van der Waals surface area contributed by atoms with Crippen molar-refractivity contribution in [2.75, 3.05) is 6.79 Å². The van der Waals surface area contributed by atoms with Crippen LogP contribution in [0, 0.1) is 5.82 Å². The predicted octanol–water partition coefficient (Wildman–Crippen LogP) is 4.02. The lowest BCUT2D eigenvalue weighted by Crippen LogP contribution is -2.13. The summed E-state index contributed by atoms with van der Waals surface area (Å²) in [6, 6.07) is 6.55. The Morgan fingerprint density at radius 3 is 3.08 bits per heavy atom. The quantitative estimate of drug-likeness (QED) is 0.480. The number of halogens is 1. The van der Waals surface area contributed by atoms with Crippen molar-refractivity contribution in [2.45, 2.75) is 24.1 Å². The number of nitrogens with zero attached hydrogens (tertiary/aromatic N) is 3. The van der Waals surface area contributed by atoms with Gasteiger partial charge in [0.25, 0.3) is 0 Å². The maximum atomic E-state index is 13.9. The summed E-state index contributed by atoms with van der Waals surface area (Å²) in [4.78, 5) is 0. The van der Waals surface area contributed by atoms with Gasteiger partial charge in [-0.15, -0.1) is 16.8 Å². The Labute approximate surface area is 153 Å². The molecule has 0 aliphatic carbocycles. The van der Waals surface area contributed by atoms with Gasteiger partial charge in [0.05, 0.1) is 12.9 Å². The van der Waals surface area contributed by atoms with Crippen LogP contribution in [0.1, 0.15) is 11.1 Å². The molecule has 0 N–H and O–H groups in total. The number of hydrogen-bond donors (Lipinski definition) is 0. The topological polar surface area (TPSA) is 62.3 Å². The molecule has 3 aromatic rings. The number of ether oxygens (including phenoxy) is 2. The van der Waals surface area contributed by atoms with Gasteiger partial charge in [-0.3, -0.25) is 4.57 Å². The van der Waals surface area contributed by atoms with Crippen LogP contribution in [0.2, 0.25) is 0 Å². The van der Waals surface area contributed by atoms with E-state index in [0.29, 0.717) is 41.4 Å². The van der Waals surface area contributed by atoms with E-state index in [-0.39, 0.29) is 12.6 Å². The van der Waals surface area contributed by atoms with E-state index in [1.807, 2.05) is 10.6 Å². The average Bonchev–Trinajstić information content (AvgIpc) is 3.29. The van der Waals surface area contributed by atoms with Crippen LogP contribution in [0.3, 0.4) is 0 Å². The van der Waals surface area contributed by atoms with Crippen molar-refractivity contribution < 1.29 is 18.3 Å². The molecule has 0 atom stereocenters. The Bertz CT molecular complexity index is 924. The van der Waals surface area contributed by atoms with E-state index in [4.69, 9.17) is 13.9 Å². The van der Waals surface area contributed by atoms with Crippen molar-refractivity contribution in [1.29, 1.82) is 0 Å².